The van der Waals surface area contributed by atoms with Gasteiger partial charge in [-0.15, -0.1) is 0 Å². The molecule has 0 aliphatic carbocycles. The van der Waals surface area contributed by atoms with Crippen LogP contribution in [0.5, 0.6) is 0 Å². The van der Waals surface area contributed by atoms with E-state index in [0.29, 0.717) is 0 Å². The minimum absolute atomic E-state index is 0.0217. The van der Waals surface area contributed by atoms with Crippen LogP contribution in [0.3, 0.4) is 0 Å². The topological polar surface area (TPSA) is 62.7 Å². The van der Waals surface area contributed by atoms with E-state index in [1.54, 1.807) is 6.07 Å². The number of nitrogen functional groups attached to an aromatic ring is 1. The Morgan fingerprint density at radius 1 is 1.73 bits per heavy atom. The summed E-state index contributed by atoms with van der Waals surface area (Å²) in [6.07, 6.45) is 1.31. The molecule has 0 atom stereocenters. The third-order valence-electron chi connectivity index (χ3n) is 1.19. The molecule has 0 aliphatic heterocycles. The maximum Gasteiger partial charge on any atom is 0.147 e. The summed E-state index contributed by atoms with van der Waals surface area (Å²) in [5.74, 6) is -0.522. The fourth-order valence-electron chi connectivity index (χ4n) is 0.686. The van der Waals surface area contributed by atoms with E-state index < -0.39 is 5.82 Å². The van der Waals surface area contributed by atoms with Gasteiger partial charge in [-0.1, -0.05) is 0 Å². The molecular formula is C7H6FN3. The molecule has 1 rings (SSSR count). The van der Waals surface area contributed by atoms with Gasteiger partial charge in [0.15, 0.2) is 0 Å². The smallest absolute Gasteiger partial charge is 0.147 e. The number of nitrogens with zero attached hydrogens (tertiary/aromatic N) is 2. The van der Waals surface area contributed by atoms with Gasteiger partial charge in [-0.05, 0) is 0 Å². The van der Waals surface area contributed by atoms with E-state index in [-0.39, 0.29) is 17.8 Å². The highest BCUT2D eigenvalue weighted by Gasteiger charge is 2.01. The van der Waals surface area contributed by atoms with Crippen LogP contribution in [-0.4, -0.2) is 4.98 Å². The number of nitriles is 1. The van der Waals surface area contributed by atoms with E-state index in [1.807, 2.05) is 0 Å². The zero-order valence-corrected chi connectivity index (χ0v) is 5.71. The largest absolute Gasteiger partial charge is 0.397 e. The van der Waals surface area contributed by atoms with Crippen LogP contribution in [0.25, 0.3) is 0 Å². The number of hydrogen-bond acceptors (Lipinski definition) is 3. The predicted octanol–water partition coefficient (Wildman–Crippen LogP) is 0.869. The number of rotatable bonds is 1. The maximum atomic E-state index is 12.7. The highest BCUT2D eigenvalue weighted by molar-refractivity contribution is 5.35. The van der Waals surface area contributed by atoms with Crippen LogP contribution in [-0.2, 0) is 6.42 Å². The van der Waals surface area contributed by atoms with Crippen molar-refractivity contribution >= 4 is 5.69 Å². The molecule has 1 aromatic heterocycles. The first-order chi connectivity index (χ1) is 5.24. The lowest BCUT2D eigenvalue weighted by atomic mass is 10.2. The molecule has 0 aliphatic rings. The summed E-state index contributed by atoms with van der Waals surface area (Å²) in [7, 11) is 0. The van der Waals surface area contributed by atoms with Gasteiger partial charge in [0.05, 0.1) is 30.1 Å². The summed E-state index contributed by atoms with van der Waals surface area (Å²) < 4.78 is 12.7. The fourth-order valence-corrected chi connectivity index (χ4v) is 0.686. The minimum Gasteiger partial charge on any atom is -0.397 e. The van der Waals surface area contributed by atoms with Crippen molar-refractivity contribution in [1.82, 2.24) is 4.98 Å². The summed E-state index contributed by atoms with van der Waals surface area (Å²) in [6.45, 7) is 0. The molecule has 0 spiro atoms. The van der Waals surface area contributed by atoms with Gasteiger partial charge in [0.1, 0.15) is 5.82 Å². The molecule has 0 unspecified atom stereocenters. The molecule has 0 radical (unpaired) electrons. The van der Waals surface area contributed by atoms with Crippen molar-refractivity contribution in [2.24, 2.45) is 0 Å². The molecule has 1 heterocycles. The van der Waals surface area contributed by atoms with E-state index in [0.717, 1.165) is 6.07 Å². The molecule has 11 heavy (non-hydrogen) atoms. The molecular weight excluding hydrogens is 145 g/mol. The minimum atomic E-state index is -0.522. The molecule has 0 saturated heterocycles. The van der Waals surface area contributed by atoms with Gasteiger partial charge in [-0.2, -0.15) is 5.26 Å². The molecule has 1 aromatic rings. The Labute approximate surface area is 63.3 Å². The second-order valence-electron chi connectivity index (χ2n) is 2.03. The summed E-state index contributed by atoms with van der Waals surface area (Å²) in [5, 5.41) is 8.23. The molecule has 0 fully saturated rings. The second-order valence-corrected chi connectivity index (χ2v) is 2.03. The van der Waals surface area contributed by atoms with Crippen molar-refractivity contribution in [3.63, 3.8) is 0 Å². The zero-order valence-electron chi connectivity index (χ0n) is 5.71. The van der Waals surface area contributed by atoms with Crippen LogP contribution in [0.2, 0.25) is 0 Å². The molecule has 4 heteroatoms. The van der Waals surface area contributed by atoms with E-state index in [1.165, 1.54) is 6.20 Å². The molecule has 2 N–H and O–H groups in total. The number of nitrogens with two attached hydrogens (primary N) is 1. The SMILES string of the molecule is N#CCc1ncc(N)cc1F. The first kappa shape index (κ1) is 7.48. The van der Waals surface area contributed by atoms with Crippen molar-refractivity contribution in [1.29, 1.82) is 5.26 Å². The Hall–Kier alpha value is -1.63. The average molecular weight is 151 g/mol. The molecule has 56 valence electrons. The zero-order chi connectivity index (χ0) is 8.27. The van der Waals surface area contributed by atoms with E-state index in [4.69, 9.17) is 11.0 Å². The Morgan fingerprint density at radius 2 is 2.45 bits per heavy atom. The molecule has 0 aromatic carbocycles. The van der Waals surface area contributed by atoms with Crippen LogP contribution in [0, 0.1) is 17.1 Å². The van der Waals surface area contributed by atoms with Crippen molar-refractivity contribution in [2.45, 2.75) is 6.42 Å². The Morgan fingerprint density at radius 3 is 3.00 bits per heavy atom. The fraction of sp³-hybridized carbons (Fsp3) is 0.143. The highest BCUT2D eigenvalue weighted by atomic mass is 19.1. The first-order valence-electron chi connectivity index (χ1n) is 3.01. The van der Waals surface area contributed by atoms with Crippen LogP contribution < -0.4 is 5.73 Å². The van der Waals surface area contributed by atoms with Gasteiger partial charge in [-0.3, -0.25) is 4.98 Å². The lowest BCUT2D eigenvalue weighted by molar-refractivity contribution is 0.606. The number of aromatic nitrogens is 1. The highest BCUT2D eigenvalue weighted by Crippen LogP contribution is 2.07. The quantitative estimate of drug-likeness (QED) is 0.647. The lowest BCUT2D eigenvalue weighted by Gasteiger charge is -1.96. The van der Waals surface area contributed by atoms with Crippen molar-refractivity contribution in [3.05, 3.63) is 23.8 Å². The molecule has 0 bridgehead atoms. The summed E-state index contributed by atoms with van der Waals surface area (Å²) in [6, 6.07) is 2.95. The normalized spacial score (nSPS) is 9.09. The van der Waals surface area contributed by atoms with Gasteiger partial charge in [0, 0.05) is 6.07 Å². The third kappa shape index (κ3) is 1.64. The van der Waals surface area contributed by atoms with Gasteiger partial charge in [0.2, 0.25) is 0 Å². The van der Waals surface area contributed by atoms with Gasteiger partial charge < -0.3 is 5.73 Å². The third-order valence-corrected chi connectivity index (χ3v) is 1.19. The number of anilines is 1. The summed E-state index contributed by atoms with van der Waals surface area (Å²) >= 11 is 0. The van der Waals surface area contributed by atoms with E-state index >= 15 is 0 Å². The van der Waals surface area contributed by atoms with Crippen molar-refractivity contribution < 1.29 is 4.39 Å². The monoisotopic (exact) mass is 151 g/mol. The van der Waals surface area contributed by atoms with Gasteiger partial charge in [0.25, 0.3) is 0 Å². The Kier molecular flexibility index (Phi) is 2.02. The van der Waals surface area contributed by atoms with E-state index in [2.05, 4.69) is 4.98 Å². The van der Waals surface area contributed by atoms with Gasteiger partial charge >= 0.3 is 0 Å². The van der Waals surface area contributed by atoms with Crippen molar-refractivity contribution in [2.75, 3.05) is 5.73 Å². The van der Waals surface area contributed by atoms with Crippen LogP contribution in [0.1, 0.15) is 5.69 Å². The average Bonchev–Trinajstić information content (AvgIpc) is 1.95. The maximum absolute atomic E-state index is 12.7. The summed E-state index contributed by atoms with van der Waals surface area (Å²) in [4.78, 5) is 3.65. The Balaban J connectivity index is 3.01. The van der Waals surface area contributed by atoms with Crippen molar-refractivity contribution in [3.8, 4) is 6.07 Å². The van der Waals surface area contributed by atoms with Gasteiger partial charge in [-0.25, -0.2) is 4.39 Å². The number of hydrogen-bond donors (Lipinski definition) is 1. The second kappa shape index (κ2) is 2.97. The summed E-state index contributed by atoms with van der Waals surface area (Å²) in [5.41, 5.74) is 5.65. The van der Waals surface area contributed by atoms with Crippen LogP contribution in [0.15, 0.2) is 12.3 Å². The van der Waals surface area contributed by atoms with Crippen LogP contribution >= 0.6 is 0 Å². The number of halogens is 1. The van der Waals surface area contributed by atoms with Crippen LogP contribution in [0.4, 0.5) is 10.1 Å². The predicted molar refractivity (Wildman–Crippen MR) is 37.9 cm³/mol. The molecule has 3 nitrogen and oxygen atoms in total. The Bertz CT molecular complexity index is 303. The molecule has 0 amide bonds. The number of pyridine rings is 1. The lowest BCUT2D eigenvalue weighted by Crippen LogP contribution is -1.96. The standard InChI is InChI=1S/C7H6FN3/c8-6-3-5(10)4-11-7(6)1-2-9/h3-4H,1,10H2. The van der Waals surface area contributed by atoms with E-state index in [9.17, 15) is 4.39 Å². The first-order valence-corrected chi connectivity index (χ1v) is 3.01. The molecule has 0 saturated carbocycles.